The van der Waals surface area contributed by atoms with E-state index in [1.54, 1.807) is 24.3 Å². The SMILES string of the molecule is C[C@@H](OC(=O)c1cccc(-n2cnnn2)c1)C(=O)Nc1ccc(F)cc1. The van der Waals surface area contributed by atoms with Crippen molar-refractivity contribution in [1.82, 2.24) is 20.2 Å². The number of halogens is 1. The molecule has 26 heavy (non-hydrogen) atoms. The van der Waals surface area contributed by atoms with Gasteiger partial charge in [-0.05, 0) is 59.8 Å². The first-order chi connectivity index (χ1) is 12.5. The number of carbonyl (C=O) groups is 2. The second kappa shape index (κ2) is 7.51. The fourth-order valence-corrected chi connectivity index (χ4v) is 2.11. The van der Waals surface area contributed by atoms with E-state index in [0.29, 0.717) is 11.4 Å². The molecular weight excluding hydrogens is 341 g/mol. The van der Waals surface area contributed by atoms with Crippen LogP contribution in [0, 0.1) is 5.82 Å². The lowest BCUT2D eigenvalue weighted by Gasteiger charge is -2.14. The second-order valence-corrected chi connectivity index (χ2v) is 5.35. The highest BCUT2D eigenvalue weighted by molar-refractivity contribution is 5.97. The number of rotatable bonds is 5. The Hall–Kier alpha value is -3.62. The summed E-state index contributed by atoms with van der Waals surface area (Å²) in [7, 11) is 0. The molecular formula is C17H14FN5O3. The Balaban J connectivity index is 1.64. The van der Waals surface area contributed by atoms with Gasteiger partial charge < -0.3 is 10.1 Å². The van der Waals surface area contributed by atoms with Crippen LogP contribution in [-0.2, 0) is 9.53 Å². The van der Waals surface area contributed by atoms with E-state index in [4.69, 9.17) is 4.74 Å². The lowest BCUT2D eigenvalue weighted by molar-refractivity contribution is -0.123. The van der Waals surface area contributed by atoms with Crippen LogP contribution in [0.4, 0.5) is 10.1 Å². The van der Waals surface area contributed by atoms with Crippen molar-refractivity contribution in [2.24, 2.45) is 0 Å². The zero-order valence-electron chi connectivity index (χ0n) is 13.7. The summed E-state index contributed by atoms with van der Waals surface area (Å²) in [5, 5.41) is 13.3. The van der Waals surface area contributed by atoms with Crippen molar-refractivity contribution in [2.75, 3.05) is 5.32 Å². The highest BCUT2D eigenvalue weighted by Crippen LogP contribution is 2.13. The number of nitrogens with zero attached hydrogens (tertiary/aromatic N) is 4. The lowest BCUT2D eigenvalue weighted by Crippen LogP contribution is -2.30. The summed E-state index contributed by atoms with van der Waals surface area (Å²) in [6, 6.07) is 11.7. The fourth-order valence-electron chi connectivity index (χ4n) is 2.11. The van der Waals surface area contributed by atoms with Gasteiger partial charge in [-0.15, -0.1) is 5.10 Å². The minimum absolute atomic E-state index is 0.249. The molecule has 0 aliphatic heterocycles. The third kappa shape index (κ3) is 4.07. The van der Waals surface area contributed by atoms with Crippen LogP contribution in [0.1, 0.15) is 17.3 Å². The molecule has 0 spiro atoms. The topological polar surface area (TPSA) is 99.0 Å². The number of tetrazole rings is 1. The summed E-state index contributed by atoms with van der Waals surface area (Å²) in [5.41, 5.74) is 1.23. The lowest BCUT2D eigenvalue weighted by atomic mass is 10.2. The van der Waals surface area contributed by atoms with Crippen molar-refractivity contribution in [3.63, 3.8) is 0 Å². The molecule has 0 fully saturated rings. The Morgan fingerprint density at radius 2 is 1.96 bits per heavy atom. The highest BCUT2D eigenvalue weighted by atomic mass is 19.1. The van der Waals surface area contributed by atoms with E-state index in [0.717, 1.165) is 0 Å². The number of benzene rings is 2. The van der Waals surface area contributed by atoms with Gasteiger partial charge in [-0.2, -0.15) is 0 Å². The van der Waals surface area contributed by atoms with Gasteiger partial charge in [0.1, 0.15) is 12.1 Å². The number of aromatic nitrogens is 4. The predicted octanol–water partition coefficient (Wildman–Crippen LogP) is 1.99. The van der Waals surface area contributed by atoms with Crippen LogP contribution in [0.25, 0.3) is 5.69 Å². The van der Waals surface area contributed by atoms with Crippen LogP contribution in [0.15, 0.2) is 54.9 Å². The van der Waals surface area contributed by atoms with Crippen LogP contribution in [0.5, 0.6) is 0 Å². The first-order valence-electron chi connectivity index (χ1n) is 7.64. The maximum absolute atomic E-state index is 12.9. The highest BCUT2D eigenvalue weighted by Gasteiger charge is 2.19. The number of hydrogen-bond donors (Lipinski definition) is 1. The van der Waals surface area contributed by atoms with Crippen molar-refractivity contribution < 1.29 is 18.7 Å². The summed E-state index contributed by atoms with van der Waals surface area (Å²) < 4.78 is 19.5. The first-order valence-corrected chi connectivity index (χ1v) is 7.64. The van der Waals surface area contributed by atoms with E-state index in [1.807, 2.05) is 0 Å². The number of amides is 1. The average Bonchev–Trinajstić information content (AvgIpc) is 3.18. The van der Waals surface area contributed by atoms with E-state index in [-0.39, 0.29) is 5.56 Å². The van der Waals surface area contributed by atoms with Crippen molar-refractivity contribution in [3.8, 4) is 5.69 Å². The molecule has 1 atom stereocenters. The van der Waals surface area contributed by atoms with Gasteiger partial charge in [0, 0.05) is 5.69 Å². The summed E-state index contributed by atoms with van der Waals surface area (Å²) in [6.45, 7) is 1.45. The van der Waals surface area contributed by atoms with Crippen LogP contribution in [0.2, 0.25) is 0 Å². The van der Waals surface area contributed by atoms with Gasteiger partial charge in [0.25, 0.3) is 5.91 Å². The van der Waals surface area contributed by atoms with Crippen LogP contribution >= 0.6 is 0 Å². The van der Waals surface area contributed by atoms with Crippen LogP contribution in [0.3, 0.4) is 0 Å². The third-order valence-corrected chi connectivity index (χ3v) is 3.46. The number of hydrogen-bond acceptors (Lipinski definition) is 6. The van der Waals surface area contributed by atoms with Crippen molar-refractivity contribution in [3.05, 3.63) is 66.2 Å². The Morgan fingerprint density at radius 1 is 1.19 bits per heavy atom. The molecule has 0 radical (unpaired) electrons. The van der Waals surface area contributed by atoms with E-state index in [1.165, 1.54) is 42.2 Å². The molecule has 1 amide bonds. The Kier molecular flexibility index (Phi) is 4.97. The zero-order chi connectivity index (χ0) is 18.5. The monoisotopic (exact) mass is 355 g/mol. The van der Waals surface area contributed by atoms with E-state index in [9.17, 15) is 14.0 Å². The number of ether oxygens (including phenoxy) is 1. The molecule has 1 heterocycles. The molecule has 0 unspecified atom stereocenters. The molecule has 0 saturated carbocycles. The Morgan fingerprint density at radius 3 is 2.65 bits per heavy atom. The fraction of sp³-hybridized carbons (Fsp3) is 0.118. The zero-order valence-corrected chi connectivity index (χ0v) is 13.7. The van der Waals surface area contributed by atoms with Gasteiger partial charge >= 0.3 is 5.97 Å². The molecule has 2 aromatic carbocycles. The molecule has 9 heteroatoms. The molecule has 1 N–H and O–H groups in total. The maximum Gasteiger partial charge on any atom is 0.338 e. The summed E-state index contributed by atoms with van der Waals surface area (Å²) in [6.07, 6.45) is 0.354. The van der Waals surface area contributed by atoms with Crippen molar-refractivity contribution in [2.45, 2.75) is 13.0 Å². The summed E-state index contributed by atoms with van der Waals surface area (Å²) >= 11 is 0. The van der Waals surface area contributed by atoms with Gasteiger partial charge in [-0.25, -0.2) is 13.9 Å². The standard InChI is InChI=1S/C17H14FN5O3/c1-11(16(24)20-14-7-5-13(18)6-8-14)26-17(25)12-3-2-4-15(9-12)23-10-19-21-22-23/h2-11H,1H3,(H,20,24)/t11-/m1/s1. The summed E-state index contributed by atoms with van der Waals surface area (Å²) in [4.78, 5) is 24.4. The molecule has 0 aliphatic rings. The van der Waals surface area contributed by atoms with Crippen molar-refractivity contribution in [1.29, 1.82) is 0 Å². The molecule has 0 bridgehead atoms. The molecule has 3 rings (SSSR count). The maximum atomic E-state index is 12.9. The average molecular weight is 355 g/mol. The normalized spacial score (nSPS) is 11.6. The van der Waals surface area contributed by atoms with E-state index >= 15 is 0 Å². The molecule has 132 valence electrons. The minimum atomic E-state index is -1.04. The largest absolute Gasteiger partial charge is 0.449 e. The van der Waals surface area contributed by atoms with Gasteiger partial charge in [0.2, 0.25) is 0 Å². The number of anilines is 1. The van der Waals surface area contributed by atoms with Gasteiger partial charge in [0.05, 0.1) is 11.3 Å². The van der Waals surface area contributed by atoms with E-state index in [2.05, 4.69) is 20.8 Å². The van der Waals surface area contributed by atoms with Gasteiger partial charge in [0.15, 0.2) is 6.10 Å². The number of esters is 1. The molecule has 3 aromatic rings. The van der Waals surface area contributed by atoms with Crippen LogP contribution in [-0.4, -0.2) is 38.2 Å². The summed E-state index contributed by atoms with van der Waals surface area (Å²) in [5.74, 6) is -1.60. The smallest absolute Gasteiger partial charge is 0.338 e. The molecule has 0 aliphatic carbocycles. The van der Waals surface area contributed by atoms with E-state index < -0.39 is 23.8 Å². The third-order valence-electron chi connectivity index (χ3n) is 3.46. The van der Waals surface area contributed by atoms with Gasteiger partial charge in [-0.3, -0.25) is 4.79 Å². The quantitative estimate of drug-likeness (QED) is 0.703. The van der Waals surface area contributed by atoms with Crippen molar-refractivity contribution >= 4 is 17.6 Å². The Labute approximate surface area is 147 Å². The molecule has 1 aromatic heterocycles. The molecule has 0 saturated heterocycles. The first kappa shape index (κ1) is 17.2. The predicted molar refractivity (Wildman–Crippen MR) is 89.1 cm³/mol. The second-order valence-electron chi connectivity index (χ2n) is 5.35. The van der Waals surface area contributed by atoms with Crippen LogP contribution < -0.4 is 5.32 Å². The number of nitrogens with one attached hydrogen (secondary N) is 1. The Bertz CT molecular complexity index is 912. The number of carbonyl (C=O) groups excluding carboxylic acids is 2. The minimum Gasteiger partial charge on any atom is -0.449 e. The molecule has 8 nitrogen and oxygen atoms in total. The van der Waals surface area contributed by atoms with Gasteiger partial charge in [-0.1, -0.05) is 6.07 Å².